The summed E-state index contributed by atoms with van der Waals surface area (Å²) in [6.07, 6.45) is 2.13. The standard InChI is InChI=1S/C15H20N2O4S/c1-11(14(18)15(19)16-9-12-7-8-12)17-22(20,21)10-13-5-3-2-4-6-13/h2-6,11-12,17H,7-10H2,1H3,(H,16,19). The summed E-state index contributed by atoms with van der Waals surface area (Å²) in [6.45, 7) is 1.86. The van der Waals surface area contributed by atoms with Crippen LogP contribution in [0.25, 0.3) is 0 Å². The molecule has 1 aromatic rings. The molecule has 0 saturated heterocycles. The highest BCUT2D eigenvalue weighted by atomic mass is 32.2. The molecule has 1 amide bonds. The second-order valence-corrected chi connectivity index (χ2v) is 7.36. The van der Waals surface area contributed by atoms with Gasteiger partial charge in [0.05, 0.1) is 11.8 Å². The van der Waals surface area contributed by atoms with E-state index in [0.717, 1.165) is 12.8 Å². The topological polar surface area (TPSA) is 92.3 Å². The van der Waals surface area contributed by atoms with Gasteiger partial charge in [-0.1, -0.05) is 30.3 Å². The lowest BCUT2D eigenvalue weighted by atomic mass is 10.2. The number of carbonyl (C=O) groups excluding carboxylic acids is 2. The van der Waals surface area contributed by atoms with Crippen LogP contribution in [0.15, 0.2) is 30.3 Å². The maximum absolute atomic E-state index is 12.0. The molecule has 0 bridgehead atoms. The Hall–Kier alpha value is -1.73. The minimum atomic E-state index is -3.68. The van der Waals surface area contributed by atoms with Gasteiger partial charge in [0.15, 0.2) is 0 Å². The first-order valence-corrected chi connectivity index (χ1v) is 8.88. The molecule has 0 radical (unpaired) electrons. The second kappa shape index (κ2) is 7.02. The van der Waals surface area contributed by atoms with Gasteiger partial charge in [0, 0.05) is 6.54 Å². The van der Waals surface area contributed by atoms with Crippen molar-refractivity contribution in [1.82, 2.24) is 10.0 Å². The van der Waals surface area contributed by atoms with Crippen LogP contribution in [0.2, 0.25) is 0 Å². The highest BCUT2D eigenvalue weighted by Crippen LogP contribution is 2.27. The van der Waals surface area contributed by atoms with E-state index >= 15 is 0 Å². The Morgan fingerprint density at radius 3 is 2.45 bits per heavy atom. The maximum Gasteiger partial charge on any atom is 0.289 e. The molecule has 1 unspecified atom stereocenters. The normalized spacial score (nSPS) is 16.0. The van der Waals surface area contributed by atoms with Gasteiger partial charge in [0.1, 0.15) is 0 Å². The molecule has 6 nitrogen and oxygen atoms in total. The third-order valence-electron chi connectivity index (χ3n) is 3.42. The van der Waals surface area contributed by atoms with Crippen molar-refractivity contribution in [3.63, 3.8) is 0 Å². The molecule has 2 N–H and O–H groups in total. The van der Waals surface area contributed by atoms with Crippen LogP contribution in [-0.2, 0) is 25.4 Å². The number of ketones is 1. The van der Waals surface area contributed by atoms with Gasteiger partial charge < -0.3 is 5.32 Å². The fourth-order valence-corrected chi connectivity index (χ4v) is 3.36. The van der Waals surface area contributed by atoms with Crippen molar-refractivity contribution in [2.45, 2.75) is 31.6 Å². The Morgan fingerprint density at radius 1 is 1.23 bits per heavy atom. The molecule has 22 heavy (non-hydrogen) atoms. The average molecular weight is 324 g/mol. The fourth-order valence-electron chi connectivity index (χ4n) is 2.00. The van der Waals surface area contributed by atoms with E-state index in [-0.39, 0.29) is 5.75 Å². The average Bonchev–Trinajstić information content (AvgIpc) is 3.28. The van der Waals surface area contributed by atoms with Crippen LogP contribution in [0.3, 0.4) is 0 Å². The van der Waals surface area contributed by atoms with Gasteiger partial charge >= 0.3 is 0 Å². The Kier molecular flexibility index (Phi) is 5.31. The van der Waals surface area contributed by atoms with Gasteiger partial charge in [-0.15, -0.1) is 0 Å². The van der Waals surface area contributed by atoms with Crippen LogP contribution in [0, 0.1) is 5.92 Å². The Morgan fingerprint density at radius 2 is 1.86 bits per heavy atom. The molecular weight excluding hydrogens is 304 g/mol. The Labute approximate surface area is 130 Å². The number of carbonyl (C=O) groups is 2. The smallest absolute Gasteiger partial charge is 0.289 e. The van der Waals surface area contributed by atoms with Crippen LogP contribution in [0.5, 0.6) is 0 Å². The largest absolute Gasteiger partial charge is 0.349 e. The molecule has 0 aromatic heterocycles. The molecule has 2 rings (SSSR count). The van der Waals surface area contributed by atoms with Gasteiger partial charge in [0.25, 0.3) is 5.91 Å². The first-order valence-electron chi connectivity index (χ1n) is 7.23. The van der Waals surface area contributed by atoms with Crippen molar-refractivity contribution >= 4 is 21.7 Å². The summed E-state index contributed by atoms with van der Waals surface area (Å²) >= 11 is 0. The van der Waals surface area contributed by atoms with E-state index in [1.54, 1.807) is 30.3 Å². The summed E-state index contributed by atoms with van der Waals surface area (Å²) in [5.41, 5.74) is 0.618. The van der Waals surface area contributed by atoms with Gasteiger partial charge in [-0.3, -0.25) is 9.59 Å². The zero-order valence-electron chi connectivity index (χ0n) is 12.4. The summed E-state index contributed by atoms with van der Waals surface area (Å²) in [6, 6.07) is 7.57. The van der Waals surface area contributed by atoms with Gasteiger partial charge in [-0.2, -0.15) is 0 Å². The lowest BCUT2D eigenvalue weighted by Crippen LogP contribution is -2.46. The summed E-state index contributed by atoms with van der Waals surface area (Å²) in [7, 11) is -3.68. The number of hydrogen-bond acceptors (Lipinski definition) is 4. The van der Waals surface area contributed by atoms with Crippen molar-refractivity contribution < 1.29 is 18.0 Å². The number of benzene rings is 1. The van der Waals surface area contributed by atoms with E-state index in [9.17, 15) is 18.0 Å². The van der Waals surface area contributed by atoms with E-state index in [2.05, 4.69) is 10.0 Å². The Bertz CT molecular complexity index is 639. The van der Waals surface area contributed by atoms with Gasteiger partial charge in [-0.05, 0) is 31.2 Å². The van der Waals surface area contributed by atoms with Crippen LogP contribution >= 0.6 is 0 Å². The minimum Gasteiger partial charge on any atom is -0.349 e. The van der Waals surface area contributed by atoms with E-state index in [0.29, 0.717) is 18.0 Å². The molecule has 120 valence electrons. The highest BCUT2D eigenvalue weighted by molar-refractivity contribution is 7.88. The molecular formula is C15H20N2O4S. The van der Waals surface area contributed by atoms with Gasteiger partial charge in [0.2, 0.25) is 15.8 Å². The molecule has 0 spiro atoms. The fraction of sp³-hybridized carbons (Fsp3) is 0.467. The molecule has 1 aliphatic rings. The van der Waals surface area contributed by atoms with Crippen molar-refractivity contribution in [1.29, 1.82) is 0 Å². The number of nitrogens with one attached hydrogen (secondary N) is 2. The van der Waals surface area contributed by atoms with Crippen molar-refractivity contribution in [3.05, 3.63) is 35.9 Å². The van der Waals surface area contributed by atoms with Gasteiger partial charge in [-0.25, -0.2) is 13.1 Å². The summed E-state index contributed by atoms with van der Waals surface area (Å²) in [5.74, 6) is -1.27. The molecule has 1 fully saturated rings. The third kappa shape index (κ3) is 5.23. The third-order valence-corrected chi connectivity index (χ3v) is 4.85. The quantitative estimate of drug-likeness (QED) is 0.685. The number of rotatable bonds is 8. The second-order valence-electron chi connectivity index (χ2n) is 5.60. The van der Waals surface area contributed by atoms with Crippen LogP contribution in [0.4, 0.5) is 0 Å². The maximum atomic E-state index is 12.0. The predicted molar refractivity (Wildman–Crippen MR) is 82.4 cm³/mol. The van der Waals surface area contributed by atoms with Crippen LogP contribution in [-0.4, -0.2) is 32.7 Å². The molecule has 7 heteroatoms. The minimum absolute atomic E-state index is 0.227. The summed E-state index contributed by atoms with van der Waals surface area (Å²) in [5, 5.41) is 2.54. The first kappa shape index (κ1) is 16.6. The van der Waals surface area contributed by atoms with Crippen LogP contribution in [0.1, 0.15) is 25.3 Å². The molecule has 1 aliphatic carbocycles. The Balaban J connectivity index is 1.87. The van der Waals surface area contributed by atoms with E-state index in [1.165, 1.54) is 6.92 Å². The number of hydrogen-bond donors (Lipinski definition) is 2. The first-order chi connectivity index (χ1) is 10.4. The lowest BCUT2D eigenvalue weighted by molar-refractivity contribution is -0.138. The lowest BCUT2D eigenvalue weighted by Gasteiger charge is -2.13. The zero-order chi connectivity index (χ0) is 16.2. The molecule has 1 aromatic carbocycles. The molecule has 1 saturated carbocycles. The number of sulfonamides is 1. The van der Waals surface area contributed by atoms with E-state index in [1.807, 2.05) is 0 Å². The zero-order valence-corrected chi connectivity index (χ0v) is 13.2. The SMILES string of the molecule is CC(NS(=O)(=O)Cc1ccccc1)C(=O)C(=O)NCC1CC1. The number of Topliss-reactive ketones (excluding diaryl/α,β-unsaturated/α-hetero) is 1. The molecule has 1 atom stereocenters. The van der Waals surface area contributed by atoms with E-state index in [4.69, 9.17) is 0 Å². The van der Waals surface area contributed by atoms with Crippen LogP contribution < -0.4 is 10.0 Å². The van der Waals surface area contributed by atoms with E-state index < -0.39 is 27.8 Å². The van der Waals surface area contributed by atoms with Crippen molar-refractivity contribution in [2.75, 3.05) is 6.54 Å². The summed E-state index contributed by atoms with van der Waals surface area (Å²) < 4.78 is 26.3. The number of amides is 1. The summed E-state index contributed by atoms with van der Waals surface area (Å²) in [4.78, 5) is 23.5. The van der Waals surface area contributed by atoms with Crippen molar-refractivity contribution in [3.8, 4) is 0 Å². The molecule has 0 aliphatic heterocycles. The monoisotopic (exact) mass is 324 g/mol. The predicted octanol–water partition coefficient (Wildman–Crippen LogP) is 0.590. The highest BCUT2D eigenvalue weighted by Gasteiger charge is 2.28. The molecule has 0 heterocycles. The van der Waals surface area contributed by atoms with Crippen molar-refractivity contribution in [2.24, 2.45) is 5.92 Å².